The molecular weight excluding hydrogens is 433 g/mol. The molecule has 2 aromatic rings. The van der Waals surface area contributed by atoms with Crippen LogP contribution in [0.15, 0.2) is 50.9 Å². The van der Waals surface area contributed by atoms with Crippen LogP contribution >= 0.6 is 23.1 Å². The van der Waals surface area contributed by atoms with Gasteiger partial charge in [0.05, 0.1) is 11.4 Å². The summed E-state index contributed by atoms with van der Waals surface area (Å²) in [5.41, 5.74) is 0.307. The second-order valence-electron chi connectivity index (χ2n) is 5.81. The Labute approximate surface area is 170 Å². The predicted molar refractivity (Wildman–Crippen MR) is 105 cm³/mol. The van der Waals surface area contributed by atoms with Crippen LogP contribution in [0.1, 0.15) is 12.8 Å². The Hall–Kier alpha value is -1.56. The number of amides is 1. The van der Waals surface area contributed by atoms with E-state index in [1.807, 2.05) is 0 Å². The van der Waals surface area contributed by atoms with Crippen LogP contribution in [0.25, 0.3) is 0 Å². The zero-order valence-electron chi connectivity index (χ0n) is 14.9. The van der Waals surface area contributed by atoms with Crippen molar-refractivity contribution in [2.75, 3.05) is 24.7 Å². The third-order valence-electron chi connectivity index (χ3n) is 3.59. The molecule has 0 unspecified atom stereocenters. The van der Waals surface area contributed by atoms with E-state index in [1.165, 1.54) is 29.6 Å². The Bertz CT molecular complexity index is 885. The average molecular weight is 453 g/mol. The summed E-state index contributed by atoms with van der Waals surface area (Å²) in [6, 6.07) is 9.41. The maximum Gasteiger partial charge on any atom is 0.398 e. The van der Waals surface area contributed by atoms with Crippen LogP contribution in [-0.2, 0) is 14.8 Å². The molecule has 0 atom stereocenters. The number of hydrogen-bond donors (Lipinski definition) is 1. The zero-order chi connectivity index (χ0) is 20.8. The molecule has 0 fully saturated rings. The highest BCUT2D eigenvalue weighted by molar-refractivity contribution is 7.99. The number of sulfonamides is 1. The quantitative estimate of drug-likeness (QED) is 0.571. The summed E-state index contributed by atoms with van der Waals surface area (Å²) in [6.45, 7) is 0.151. The van der Waals surface area contributed by atoms with Crippen LogP contribution in [0, 0.1) is 0 Å². The van der Waals surface area contributed by atoms with Crippen molar-refractivity contribution in [1.82, 2.24) is 4.31 Å². The van der Waals surface area contributed by atoms with E-state index in [2.05, 4.69) is 5.32 Å². The van der Waals surface area contributed by atoms with Crippen LogP contribution in [0.2, 0.25) is 0 Å². The normalized spacial score (nSPS) is 12.3. The lowest BCUT2D eigenvalue weighted by molar-refractivity contribution is -0.116. The molecule has 1 heterocycles. The van der Waals surface area contributed by atoms with Crippen molar-refractivity contribution in [2.45, 2.75) is 28.1 Å². The third kappa shape index (κ3) is 6.80. The molecule has 1 aromatic heterocycles. The summed E-state index contributed by atoms with van der Waals surface area (Å²) in [7, 11) is -2.13. The molecule has 0 aliphatic carbocycles. The molecule has 28 heavy (non-hydrogen) atoms. The van der Waals surface area contributed by atoms with Crippen molar-refractivity contribution < 1.29 is 26.4 Å². The molecule has 154 valence electrons. The van der Waals surface area contributed by atoms with Crippen LogP contribution in [-0.4, -0.2) is 44.2 Å². The second kappa shape index (κ2) is 9.77. The lowest BCUT2D eigenvalue weighted by Crippen LogP contribution is -2.28. The number of thioether (sulfide) groups is 1. The van der Waals surface area contributed by atoms with Crippen molar-refractivity contribution in [3.05, 3.63) is 41.8 Å². The summed E-state index contributed by atoms with van der Waals surface area (Å²) < 4.78 is 63.3. The van der Waals surface area contributed by atoms with Crippen molar-refractivity contribution in [1.29, 1.82) is 0 Å². The molecule has 0 aliphatic rings. The first-order valence-electron chi connectivity index (χ1n) is 8.18. The van der Waals surface area contributed by atoms with E-state index in [0.29, 0.717) is 22.3 Å². The van der Waals surface area contributed by atoms with Gasteiger partial charge >= 0.3 is 6.18 Å². The van der Waals surface area contributed by atoms with Crippen LogP contribution in [0.4, 0.5) is 18.9 Å². The molecule has 0 radical (unpaired) electrons. The SMILES string of the molecule is CN(CCCC(=O)Nc1ccccc1SCC(F)(F)F)S(=O)(=O)c1cccs1. The average Bonchev–Trinajstić information content (AvgIpc) is 3.15. The van der Waals surface area contributed by atoms with Crippen molar-refractivity contribution >= 4 is 44.7 Å². The Morgan fingerprint density at radius 2 is 1.93 bits per heavy atom. The summed E-state index contributed by atoms with van der Waals surface area (Å²) in [6.07, 6.45) is -3.98. The monoisotopic (exact) mass is 452 g/mol. The molecule has 1 amide bonds. The maximum atomic E-state index is 12.4. The first-order chi connectivity index (χ1) is 13.1. The molecule has 0 aliphatic heterocycles. The third-order valence-corrected chi connectivity index (χ3v) is 7.96. The Kier molecular flexibility index (Phi) is 7.93. The minimum absolute atomic E-state index is 0.0442. The van der Waals surface area contributed by atoms with E-state index in [-0.39, 0.29) is 29.5 Å². The molecule has 5 nitrogen and oxygen atoms in total. The summed E-state index contributed by atoms with van der Waals surface area (Å²) >= 11 is 1.72. The van der Waals surface area contributed by atoms with Gasteiger partial charge in [0.1, 0.15) is 4.21 Å². The van der Waals surface area contributed by atoms with Gasteiger partial charge < -0.3 is 5.32 Å². The molecule has 11 heteroatoms. The van der Waals surface area contributed by atoms with Gasteiger partial charge in [-0.15, -0.1) is 23.1 Å². The molecule has 2 rings (SSSR count). The lowest BCUT2D eigenvalue weighted by atomic mass is 10.2. The van der Waals surface area contributed by atoms with Gasteiger partial charge in [-0.2, -0.15) is 13.2 Å². The van der Waals surface area contributed by atoms with Gasteiger partial charge in [-0.05, 0) is 30.0 Å². The highest BCUT2D eigenvalue weighted by Gasteiger charge is 2.27. The second-order valence-corrected chi connectivity index (χ2v) is 10.0. The zero-order valence-corrected chi connectivity index (χ0v) is 17.3. The van der Waals surface area contributed by atoms with Crippen LogP contribution < -0.4 is 5.32 Å². The van der Waals surface area contributed by atoms with Crippen LogP contribution in [0.5, 0.6) is 0 Å². The maximum absolute atomic E-state index is 12.4. The minimum atomic E-state index is -4.31. The summed E-state index contributed by atoms with van der Waals surface area (Å²) in [5.74, 6) is -1.44. The Balaban J connectivity index is 1.86. The number of hydrogen-bond acceptors (Lipinski definition) is 5. The molecule has 0 bridgehead atoms. The van der Waals surface area contributed by atoms with Crippen LogP contribution in [0.3, 0.4) is 0 Å². The summed E-state index contributed by atoms with van der Waals surface area (Å²) in [5, 5.41) is 4.26. The minimum Gasteiger partial charge on any atom is -0.325 e. The van der Waals surface area contributed by atoms with Gasteiger partial charge in [-0.25, -0.2) is 12.7 Å². The first kappa shape index (κ1) is 22.7. The van der Waals surface area contributed by atoms with E-state index >= 15 is 0 Å². The number of benzene rings is 1. The first-order valence-corrected chi connectivity index (χ1v) is 11.5. The van der Waals surface area contributed by atoms with Gasteiger partial charge in [0.2, 0.25) is 5.91 Å². The van der Waals surface area contributed by atoms with E-state index in [4.69, 9.17) is 0 Å². The fourth-order valence-electron chi connectivity index (χ4n) is 2.21. The smallest absolute Gasteiger partial charge is 0.325 e. The Morgan fingerprint density at radius 1 is 1.21 bits per heavy atom. The molecule has 1 aromatic carbocycles. The number of nitrogens with one attached hydrogen (secondary N) is 1. The molecule has 0 spiro atoms. The van der Waals surface area contributed by atoms with Crippen molar-refractivity contribution in [3.63, 3.8) is 0 Å². The molecule has 0 saturated heterocycles. The van der Waals surface area contributed by atoms with Gasteiger partial charge in [0.25, 0.3) is 10.0 Å². The largest absolute Gasteiger partial charge is 0.398 e. The van der Waals surface area contributed by atoms with Crippen molar-refractivity contribution in [3.8, 4) is 0 Å². The predicted octanol–water partition coefficient (Wildman–Crippen LogP) is 4.44. The number of rotatable bonds is 9. The van der Waals surface area contributed by atoms with Gasteiger partial charge in [0.15, 0.2) is 0 Å². The lowest BCUT2D eigenvalue weighted by Gasteiger charge is -2.16. The van der Waals surface area contributed by atoms with E-state index < -0.39 is 22.0 Å². The van der Waals surface area contributed by atoms with Crippen molar-refractivity contribution in [2.24, 2.45) is 0 Å². The number of para-hydroxylation sites is 1. The van der Waals surface area contributed by atoms with Gasteiger partial charge in [-0.1, -0.05) is 18.2 Å². The fraction of sp³-hybridized carbons (Fsp3) is 0.353. The number of anilines is 1. The molecule has 0 saturated carbocycles. The molecular formula is C17H19F3N2O3S3. The van der Waals surface area contributed by atoms with Gasteiger partial charge in [-0.3, -0.25) is 4.79 Å². The number of halogens is 3. The van der Waals surface area contributed by atoms with E-state index in [0.717, 1.165) is 11.3 Å². The number of carbonyl (C=O) groups excluding carboxylic acids is 1. The number of nitrogens with zero attached hydrogens (tertiary/aromatic N) is 1. The Morgan fingerprint density at radius 3 is 2.57 bits per heavy atom. The number of carbonyl (C=O) groups is 1. The molecule has 1 N–H and O–H groups in total. The fourth-order valence-corrected chi connectivity index (χ4v) is 5.39. The topological polar surface area (TPSA) is 66.5 Å². The highest BCUT2D eigenvalue weighted by Crippen LogP contribution is 2.32. The number of alkyl halides is 3. The summed E-state index contributed by atoms with van der Waals surface area (Å²) in [4.78, 5) is 12.4. The number of thiophene rings is 1. The van der Waals surface area contributed by atoms with E-state index in [1.54, 1.807) is 23.6 Å². The standard InChI is InChI=1S/C17H19F3N2O3S3/c1-22(28(24,25)16-9-5-11-26-16)10-4-8-15(23)21-13-6-2-3-7-14(13)27-12-17(18,19)20/h2-3,5-7,9,11H,4,8,10,12H2,1H3,(H,21,23). The highest BCUT2D eigenvalue weighted by atomic mass is 32.2. The van der Waals surface area contributed by atoms with E-state index in [9.17, 15) is 26.4 Å². The van der Waals surface area contributed by atoms with Gasteiger partial charge in [0, 0.05) is 24.9 Å².